The molecule has 0 aliphatic heterocycles. The zero-order valence-electron chi connectivity index (χ0n) is 10.6. The van der Waals surface area contributed by atoms with Crippen LogP contribution in [0.1, 0.15) is 31.9 Å². The second-order valence-corrected chi connectivity index (χ2v) is 4.27. The van der Waals surface area contributed by atoms with Gasteiger partial charge in [-0.15, -0.1) is 0 Å². The Morgan fingerprint density at radius 3 is 2.65 bits per heavy atom. The first-order valence-electron chi connectivity index (χ1n) is 5.77. The predicted molar refractivity (Wildman–Crippen MR) is 68.7 cm³/mol. The standard InChI is InChI=1S/C13H20N2O2/c1-4-12(13(16)17)15(3)9(2)10-6-5-7-11(14)8-10/h5-9,12H,4,14H2,1-3H3,(H,16,17). The molecule has 4 nitrogen and oxygen atoms in total. The summed E-state index contributed by atoms with van der Waals surface area (Å²) in [5.74, 6) is -0.786. The molecule has 0 fully saturated rings. The van der Waals surface area contributed by atoms with Crippen LogP contribution in [0, 0.1) is 0 Å². The number of nitrogens with two attached hydrogens (primary N) is 1. The molecule has 0 radical (unpaired) electrons. The topological polar surface area (TPSA) is 66.6 Å². The van der Waals surface area contributed by atoms with Crippen molar-refractivity contribution in [2.45, 2.75) is 32.4 Å². The first-order chi connectivity index (χ1) is 7.97. The number of rotatable bonds is 5. The molecule has 0 heterocycles. The molecule has 2 atom stereocenters. The number of carboxylic acids is 1. The maximum atomic E-state index is 11.1. The molecule has 4 heteroatoms. The molecule has 0 aromatic heterocycles. The van der Waals surface area contributed by atoms with Crippen LogP contribution < -0.4 is 5.73 Å². The third-order valence-electron chi connectivity index (χ3n) is 3.17. The number of carboxylic acid groups (broad SMARTS) is 1. The molecule has 1 aromatic rings. The van der Waals surface area contributed by atoms with Crippen LogP contribution in [0.3, 0.4) is 0 Å². The largest absolute Gasteiger partial charge is 0.480 e. The Hall–Kier alpha value is -1.55. The van der Waals surface area contributed by atoms with E-state index in [0.29, 0.717) is 12.1 Å². The zero-order chi connectivity index (χ0) is 13.0. The molecule has 0 saturated carbocycles. The Bertz CT molecular complexity index is 393. The number of benzene rings is 1. The summed E-state index contributed by atoms with van der Waals surface area (Å²) in [6.07, 6.45) is 0.582. The minimum atomic E-state index is -0.786. The van der Waals surface area contributed by atoms with Crippen LogP contribution in [-0.2, 0) is 4.79 Å². The smallest absolute Gasteiger partial charge is 0.320 e. The van der Waals surface area contributed by atoms with Gasteiger partial charge in [-0.3, -0.25) is 9.69 Å². The van der Waals surface area contributed by atoms with Crippen molar-refractivity contribution in [2.75, 3.05) is 12.8 Å². The molecule has 1 aromatic carbocycles. The summed E-state index contributed by atoms with van der Waals surface area (Å²) in [5.41, 5.74) is 7.46. The number of likely N-dealkylation sites (N-methyl/N-ethyl adjacent to an activating group) is 1. The van der Waals surface area contributed by atoms with Gasteiger partial charge in [0, 0.05) is 11.7 Å². The normalized spacial score (nSPS) is 14.6. The van der Waals surface area contributed by atoms with Crippen molar-refractivity contribution in [3.63, 3.8) is 0 Å². The van der Waals surface area contributed by atoms with Crippen LogP contribution in [0.25, 0.3) is 0 Å². The first-order valence-corrected chi connectivity index (χ1v) is 5.77. The number of hydrogen-bond donors (Lipinski definition) is 2. The molecule has 2 unspecified atom stereocenters. The summed E-state index contributed by atoms with van der Waals surface area (Å²) in [7, 11) is 1.83. The van der Waals surface area contributed by atoms with Crippen molar-refractivity contribution < 1.29 is 9.90 Å². The van der Waals surface area contributed by atoms with E-state index in [4.69, 9.17) is 10.8 Å². The summed E-state index contributed by atoms with van der Waals surface area (Å²) >= 11 is 0. The molecule has 0 bridgehead atoms. The van der Waals surface area contributed by atoms with E-state index >= 15 is 0 Å². The Kier molecular flexibility index (Phi) is 4.52. The highest BCUT2D eigenvalue weighted by Gasteiger charge is 2.25. The van der Waals surface area contributed by atoms with Gasteiger partial charge in [0.05, 0.1) is 0 Å². The van der Waals surface area contributed by atoms with Crippen LogP contribution >= 0.6 is 0 Å². The fourth-order valence-electron chi connectivity index (χ4n) is 1.96. The van der Waals surface area contributed by atoms with E-state index in [9.17, 15) is 4.79 Å². The summed E-state index contributed by atoms with van der Waals surface area (Å²) < 4.78 is 0. The summed E-state index contributed by atoms with van der Waals surface area (Å²) in [5, 5.41) is 9.13. The van der Waals surface area contributed by atoms with Crippen molar-refractivity contribution >= 4 is 11.7 Å². The Morgan fingerprint density at radius 1 is 1.53 bits per heavy atom. The highest BCUT2D eigenvalue weighted by molar-refractivity contribution is 5.73. The van der Waals surface area contributed by atoms with E-state index in [-0.39, 0.29) is 6.04 Å². The van der Waals surface area contributed by atoms with Gasteiger partial charge in [-0.05, 0) is 38.1 Å². The van der Waals surface area contributed by atoms with E-state index in [1.165, 1.54) is 0 Å². The van der Waals surface area contributed by atoms with Gasteiger partial charge in [0.2, 0.25) is 0 Å². The molecule has 17 heavy (non-hydrogen) atoms. The average molecular weight is 236 g/mol. The molecule has 94 valence electrons. The summed E-state index contributed by atoms with van der Waals surface area (Å²) in [6, 6.07) is 7.12. The van der Waals surface area contributed by atoms with E-state index in [1.807, 2.05) is 50.1 Å². The highest BCUT2D eigenvalue weighted by Crippen LogP contribution is 2.23. The fraction of sp³-hybridized carbons (Fsp3) is 0.462. The van der Waals surface area contributed by atoms with E-state index in [2.05, 4.69) is 0 Å². The number of nitrogen functional groups attached to an aromatic ring is 1. The van der Waals surface area contributed by atoms with E-state index < -0.39 is 12.0 Å². The number of anilines is 1. The monoisotopic (exact) mass is 236 g/mol. The molecule has 0 saturated heterocycles. The zero-order valence-corrected chi connectivity index (χ0v) is 10.6. The van der Waals surface area contributed by atoms with Crippen LogP contribution in [0.2, 0.25) is 0 Å². The lowest BCUT2D eigenvalue weighted by atomic mass is 10.0. The van der Waals surface area contributed by atoms with Crippen LogP contribution in [0.4, 0.5) is 5.69 Å². The second kappa shape index (κ2) is 5.68. The van der Waals surface area contributed by atoms with Gasteiger partial charge in [0.25, 0.3) is 0 Å². The molecule has 0 amide bonds. The lowest BCUT2D eigenvalue weighted by molar-refractivity contribution is -0.143. The molecule has 3 N–H and O–H groups in total. The average Bonchev–Trinajstić information content (AvgIpc) is 2.28. The van der Waals surface area contributed by atoms with E-state index in [0.717, 1.165) is 5.56 Å². The Balaban J connectivity index is 2.88. The molecular formula is C13H20N2O2. The van der Waals surface area contributed by atoms with Crippen LogP contribution in [0.15, 0.2) is 24.3 Å². The summed E-state index contributed by atoms with van der Waals surface area (Å²) in [6.45, 7) is 3.86. The molecule has 0 aliphatic rings. The van der Waals surface area contributed by atoms with Crippen molar-refractivity contribution in [3.05, 3.63) is 29.8 Å². The fourth-order valence-corrected chi connectivity index (χ4v) is 1.96. The van der Waals surface area contributed by atoms with Gasteiger partial charge < -0.3 is 10.8 Å². The van der Waals surface area contributed by atoms with Gasteiger partial charge in [-0.2, -0.15) is 0 Å². The minimum absolute atomic E-state index is 0.0274. The Morgan fingerprint density at radius 2 is 2.18 bits per heavy atom. The predicted octanol–water partition coefficient (Wildman–Crippen LogP) is 2.12. The van der Waals surface area contributed by atoms with Crippen molar-refractivity contribution in [2.24, 2.45) is 0 Å². The minimum Gasteiger partial charge on any atom is -0.480 e. The number of hydrogen-bond acceptors (Lipinski definition) is 3. The van der Waals surface area contributed by atoms with E-state index in [1.54, 1.807) is 0 Å². The van der Waals surface area contributed by atoms with Crippen LogP contribution in [-0.4, -0.2) is 29.1 Å². The van der Waals surface area contributed by atoms with Crippen molar-refractivity contribution in [1.29, 1.82) is 0 Å². The molecular weight excluding hydrogens is 216 g/mol. The quantitative estimate of drug-likeness (QED) is 0.768. The highest BCUT2D eigenvalue weighted by atomic mass is 16.4. The maximum Gasteiger partial charge on any atom is 0.320 e. The number of nitrogens with zero attached hydrogens (tertiary/aromatic N) is 1. The van der Waals surface area contributed by atoms with Gasteiger partial charge in [0.15, 0.2) is 0 Å². The lowest BCUT2D eigenvalue weighted by Crippen LogP contribution is -2.39. The first kappa shape index (κ1) is 13.5. The SMILES string of the molecule is CCC(C(=O)O)N(C)C(C)c1cccc(N)c1. The third-order valence-corrected chi connectivity index (χ3v) is 3.17. The van der Waals surface area contributed by atoms with Crippen molar-refractivity contribution in [1.82, 2.24) is 4.90 Å². The third kappa shape index (κ3) is 3.20. The summed E-state index contributed by atoms with van der Waals surface area (Å²) in [4.78, 5) is 13.0. The van der Waals surface area contributed by atoms with Gasteiger partial charge >= 0.3 is 5.97 Å². The number of carbonyl (C=O) groups is 1. The van der Waals surface area contributed by atoms with Gasteiger partial charge in [0.1, 0.15) is 6.04 Å². The molecule has 0 spiro atoms. The van der Waals surface area contributed by atoms with Crippen molar-refractivity contribution in [3.8, 4) is 0 Å². The second-order valence-electron chi connectivity index (χ2n) is 4.27. The molecule has 0 aliphatic carbocycles. The number of aliphatic carboxylic acids is 1. The van der Waals surface area contributed by atoms with Gasteiger partial charge in [-0.1, -0.05) is 19.1 Å². The molecule has 1 rings (SSSR count). The van der Waals surface area contributed by atoms with Crippen LogP contribution in [0.5, 0.6) is 0 Å². The lowest BCUT2D eigenvalue weighted by Gasteiger charge is -2.30. The van der Waals surface area contributed by atoms with Gasteiger partial charge in [-0.25, -0.2) is 0 Å². The Labute approximate surface area is 102 Å². The maximum absolute atomic E-state index is 11.1.